The molecule has 2 aromatic heterocycles. The van der Waals surface area contributed by atoms with Gasteiger partial charge in [-0.1, -0.05) is 6.92 Å². The molecule has 0 aliphatic rings. The predicted molar refractivity (Wildman–Crippen MR) is 77.7 cm³/mol. The summed E-state index contributed by atoms with van der Waals surface area (Å²) in [4.78, 5) is 8.66. The number of aromatic nitrogens is 2. The normalized spacial score (nSPS) is 12.3. The number of nitrogens with zero attached hydrogens (tertiary/aromatic N) is 2. The Balaban J connectivity index is 2.24. The molecule has 0 amide bonds. The fraction of sp³-hybridized carbons (Fsp3) is 0.429. The third-order valence-corrected chi connectivity index (χ3v) is 3.33. The van der Waals surface area contributed by atoms with Crippen LogP contribution in [0.15, 0.2) is 29.4 Å². The minimum Gasteiger partial charge on any atom is -0.492 e. The Bertz CT molecular complexity index is 487. The van der Waals surface area contributed by atoms with Gasteiger partial charge in [-0.3, -0.25) is 4.98 Å². The molecule has 0 radical (unpaired) electrons. The molecule has 5 heteroatoms. The van der Waals surface area contributed by atoms with Gasteiger partial charge in [0.2, 0.25) is 0 Å². The molecule has 0 saturated carbocycles. The smallest absolute Gasteiger partial charge is 0.137 e. The van der Waals surface area contributed by atoms with Crippen LogP contribution in [0.5, 0.6) is 5.75 Å². The molecule has 0 aromatic carbocycles. The van der Waals surface area contributed by atoms with E-state index in [2.05, 4.69) is 27.6 Å². The maximum absolute atomic E-state index is 5.51. The summed E-state index contributed by atoms with van der Waals surface area (Å²) in [5.41, 5.74) is 3.98. The van der Waals surface area contributed by atoms with Crippen LogP contribution in [0.1, 0.15) is 37.6 Å². The van der Waals surface area contributed by atoms with Crippen LogP contribution in [0.25, 0.3) is 0 Å². The van der Waals surface area contributed by atoms with Gasteiger partial charge in [-0.15, -0.1) is 11.3 Å². The third-order valence-electron chi connectivity index (χ3n) is 2.72. The fourth-order valence-electron chi connectivity index (χ4n) is 1.89. The molecule has 0 fully saturated rings. The van der Waals surface area contributed by atoms with Crippen LogP contribution in [-0.4, -0.2) is 23.1 Å². The van der Waals surface area contributed by atoms with Crippen LogP contribution in [0.3, 0.4) is 0 Å². The predicted octanol–water partition coefficient (Wildman–Crippen LogP) is 3.03. The molecule has 0 aliphatic carbocycles. The van der Waals surface area contributed by atoms with Crippen LogP contribution in [0.4, 0.5) is 0 Å². The molecule has 0 aliphatic heterocycles. The minimum atomic E-state index is 0.0825. The molecule has 1 N–H and O–H groups in total. The van der Waals surface area contributed by atoms with E-state index in [1.807, 2.05) is 24.7 Å². The van der Waals surface area contributed by atoms with Gasteiger partial charge in [-0.25, -0.2) is 4.98 Å². The second-order valence-electron chi connectivity index (χ2n) is 4.19. The van der Waals surface area contributed by atoms with Crippen molar-refractivity contribution in [2.24, 2.45) is 0 Å². The molecule has 102 valence electrons. The molecule has 2 aromatic rings. The van der Waals surface area contributed by atoms with E-state index in [1.165, 1.54) is 0 Å². The van der Waals surface area contributed by atoms with Gasteiger partial charge in [-0.05, 0) is 31.5 Å². The van der Waals surface area contributed by atoms with Gasteiger partial charge in [0.25, 0.3) is 0 Å². The Morgan fingerprint density at radius 2 is 2.26 bits per heavy atom. The third kappa shape index (κ3) is 3.75. The van der Waals surface area contributed by atoms with Gasteiger partial charge >= 0.3 is 0 Å². The lowest BCUT2D eigenvalue weighted by Crippen LogP contribution is -2.23. The maximum atomic E-state index is 5.51. The summed E-state index contributed by atoms with van der Waals surface area (Å²) in [6.07, 6.45) is 4.69. The average Bonchev–Trinajstić information content (AvgIpc) is 2.94. The van der Waals surface area contributed by atoms with Crippen molar-refractivity contribution in [3.63, 3.8) is 0 Å². The first-order valence-corrected chi connectivity index (χ1v) is 7.48. The molecule has 0 saturated heterocycles. The van der Waals surface area contributed by atoms with Crippen molar-refractivity contribution in [1.29, 1.82) is 0 Å². The van der Waals surface area contributed by atoms with Crippen molar-refractivity contribution in [1.82, 2.24) is 15.3 Å². The molecule has 4 nitrogen and oxygen atoms in total. The highest BCUT2D eigenvalue weighted by molar-refractivity contribution is 7.07. The summed E-state index contributed by atoms with van der Waals surface area (Å²) < 4.78 is 5.51. The van der Waals surface area contributed by atoms with Gasteiger partial charge in [0.05, 0.1) is 30.1 Å². The van der Waals surface area contributed by atoms with E-state index in [0.29, 0.717) is 6.61 Å². The monoisotopic (exact) mass is 277 g/mol. The number of hydrogen-bond donors (Lipinski definition) is 1. The van der Waals surface area contributed by atoms with Gasteiger partial charge in [0.15, 0.2) is 0 Å². The first-order valence-electron chi connectivity index (χ1n) is 6.54. The van der Waals surface area contributed by atoms with Crippen molar-refractivity contribution in [3.8, 4) is 5.75 Å². The Morgan fingerprint density at radius 3 is 2.95 bits per heavy atom. The molecule has 2 rings (SSSR count). The van der Waals surface area contributed by atoms with Crippen LogP contribution in [0.2, 0.25) is 0 Å². The van der Waals surface area contributed by atoms with Gasteiger partial charge in [0, 0.05) is 11.6 Å². The van der Waals surface area contributed by atoms with Crippen LogP contribution in [-0.2, 0) is 0 Å². The van der Waals surface area contributed by atoms with E-state index in [9.17, 15) is 0 Å². The molecule has 19 heavy (non-hydrogen) atoms. The van der Waals surface area contributed by atoms with Crippen LogP contribution in [0, 0.1) is 0 Å². The number of pyridine rings is 1. The Hall–Kier alpha value is -1.46. The summed E-state index contributed by atoms with van der Waals surface area (Å²) in [7, 11) is 0. The topological polar surface area (TPSA) is 47.0 Å². The lowest BCUT2D eigenvalue weighted by Gasteiger charge is -2.17. The average molecular weight is 277 g/mol. The second kappa shape index (κ2) is 7.21. The molecule has 1 unspecified atom stereocenters. The van der Waals surface area contributed by atoms with Crippen molar-refractivity contribution >= 4 is 11.3 Å². The molecule has 1 atom stereocenters. The summed E-state index contributed by atoms with van der Waals surface area (Å²) in [5, 5.41) is 5.58. The first kappa shape index (κ1) is 14.0. The number of thiazole rings is 1. The number of nitrogens with one attached hydrogen (secondary N) is 1. The summed E-state index contributed by atoms with van der Waals surface area (Å²) in [5.74, 6) is 0.804. The van der Waals surface area contributed by atoms with Crippen molar-refractivity contribution in [2.75, 3.05) is 13.2 Å². The van der Waals surface area contributed by atoms with Gasteiger partial charge < -0.3 is 10.1 Å². The first-order chi connectivity index (χ1) is 9.35. The highest BCUT2D eigenvalue weighted by Crippen LogP contribution is 2.24. The highest BCUT2D eigenvalue weighted by atomic mass is 32.1. The quantitative estimate of drug-likeness (QED) is 0.845. The zero-order valence-electron chi connectivity index (χ0n) is 11.3. The van der Waals surface area contributed by atoms with Crippen molar-refractivity contribution in [3.05, 3.63) is 40.6 Å². The van der Waals surface area contributed by atoms with E-state index >= 15 is 0 Å². The lowest BCUT2D eigenvalue weighted by molar-refractivity contribution is 0.338. The van der Waals surface area contributed by atoms with Gasteiger partial charge in [0.1, 0.15) is 5.75 Å². The van der Waals surface area contributed by atoms with Crippen molar-refractivity contribution < 1.29 is 4.74 Å². The summed E-state index contributed by atoms with van der Waals surface area (Å²) in [6.45, 7) is 5.72. The van der Waals surface area contributed by atoms with E-state index in [0.717, 1.165) is 30.0 Å². The summed E-state index contributed by atoms with van der Waals surface area (Å²) >= 11 is 1.61. The van der Waals surface area contributed by atoms with E-state index in [-0.39, 0.29) is 6.04 Å². The van der Waals surface area contributed by atoms with Crippen LogP contribution >= 0.6 is 11.3 Å². The molecule has 0 spiro atoms. The van der Waals surface area contributed by atoms with Crippen molar-refractivity contribution in [2.45, 2.75) is 26.3 Å². The second-order valence-corrected chi connectivity index (χ2v) is 4.91. The maximum Gasteiger partial charge on any atom is 0.137 e. The highest BCUT2D eigenvalue weighted by Gasteiger charge is 2.16. The SMILES string of the molecule is CCCNC(c1cncc(OCC)c1)c1cscn1. The molecular formula is C14H19N3OS. The fourth-order valence-corrected chi connectivity index (χ4v) is 2.47. The zero-order chi connectivity index (χ0) is 13.5. The minimum absolute atomic E-state index is 0.0825. The Morgan fingerprint density at radius 1 is 1.37 bits per heavy atom. The van der Waals surface area contributed by atoms with E-state index in [4.69, 9.17) is 4.74 Å². The van der Waals surface area contributed by atoms with Crippen LogP contribution < -0.4 is 10.1 Å². The number of rotatable bonds is 7. The van der Waals surface area contributed by atoms with Gasteiger partial charge in [-0.2, -0.15) is 0 Å². The number of hydrogen-bond acceptors (Lipinski definition) is 5. The lowest BCUT2D eigenvalue weighted by atomic mass is 10.1. The summed E-state index contributed by atoms with van der Waals surface area (Å²) in [6, 6.07) is 2.11. The number of ether oxygens (including phenoxy) is 1. The molecule has 0 bridgehead atoms. The molecule has 2 heterocycles. The zero-order valence-corrected chi connectivity index (χ0v) is 12.1. The van der Waals surface area contributed by atoms with E-state index < -0.39 is 0 Å². The largest absolute Gasteiger partial charge is 0.492 e. The Labute approximate surface area is 117 Å². The Kier molecular flexibility index (Phi) is 5.30. The standard InChI is InChI=1S/C14H19N3OS/c1-3-5-16-14(13-9-19-10-17-13)11-6-12(18-4-2)8-15-7-11/h6-10,14,16H,3-5H2,1-2H3. The molecular weight excluding hydrogens is 258 g/mol. The van der Waals surface area contributed by atoms with E-state index in [1.54, 1.807) is 17.5 Å².